The van der Waals surface area contributed by atoms with Crippen LogP contribution in [0.3, 0.4) is 0 Å². The number of alkyl halides is 3. The molecule has 0 aliphatic heterocycles. The first-order chi connectivity index (χ1) is 9.77. The lowest BCUT2D eigenvalue weighted by Crippen LogP contribution is -2.21. The first-order valence-corrected chi connectivity index (χ1v) is 7.16. The van der Waals surface area contributed by atoms with Crippen LogP contribution in [-0.2, 0) is 12.7 Å². The van der Waals surface area contributed by atoms with Crippen LogP contribution in [0.25, 0.3) is 0 Å². The van der Waals surface area contributed by atoms with E-state index < -0.39 is 17.6 Å². The summed E-state index contributed by atoms with van der Waals surface area (Å²) < 4.78 is 51.6. The van der Waals surface area contributed by atoms with Gasteiger partial charge in [0.25, 0.3) is 0 Å². The normalized spacial score (nSPS) is 13.4. The van der Waals surface area contributed by atoms with Crippen molar-refractivity contribution in [3.05, 3.63) is 51.2 Å². The van der Waals surface area contributed by atoms with E-state index in [1.165, 1.54) is 11.3 Å². The molecule has 0 radical (unpaired) electrons. The van der Waals surface area contributed by atoms with Crippen LogP contribution in [0, 0.1) is 12.7 Å². The van der Waals surface area contributed by atoms with Crippen LogP contribution in [0.2, 0.25) is 0 Å². The Bertz CT molecular complexity index is 622. The third-order valence-electron chi connectivity index (χ3n) is 2.98. The molecule has 0 saturated heterocycles. The van der Waals surface area contributed by atoms with E-state index in [2.05, 4.69) is 10.3 Å². The first kappa shape index (κ1) is 15.9. The molecule has 1 aromatic carbocycles. The van der Waals surface area contributed by atoms with E-state index in [0.29, 0.717) is 6.07 Å². The second kappa shape index (κ2) is 6.11. The number of thiazole rings is 1. The minimum Gasteiger partial charge on any atom is -0.304 e. The van der Waals surface area contributed by atoms with Crippen molar-refractivity contribution in [3.8, 4) is 0 Å². The minimum atomic E-state index is -4.57. The summed E-state index contributed by atoms with van der Waals surface area (Å²) in [7, 11) is 0. The number of rotatable bonds is 4. The highest BCUT2D eigenvalue weighted by Gasteiger charge is 2.33. The Kier molecular flexibility index (Phi) is 4.63. The molecule has 2 aromatic rings. The van der Waals surface area contributed by atoms with Gasteiger partial charge in [0.1, 0.15) is 10.8 Å². The van der Waals surface area contributed by atoms with Gasteiger partial charge < -0.3 is 5.32 Å². The van der Waals surface area contributed by atoms with Gasteiger partial charge in [-0.15, -0.1) is 11.3 Å². The van der Waals surface area contributed by atoms with Crippen LogP contribution in [0.15, 0.2) is 23.6 Å². The molecule has 0 amide bonds. The summed E-state index contributed by atoms with van der Waals surface area (Å²) in [4.78, 5) is 4.28. The van der Waals surface area contributed by atoms with Crippen LogP contribution in [0.1, 0.15) is 34.8 Å². The summed E-state index contributed by atoms with van der Waals surface area (Å²) in [6.07, 6.45) is -4.57. The molecule has 2 nitrogen and oxygen atoms in total. The third kappa shape index (κ3) is 4.01. The maximum atomic E-state index is 13.0. The summed E-state index contributed by atoms with van der Waals surface area (Å²) in [5, 5.41) is 5.68. The van der Waals surface area contributed by atoms with Gasteiger partial charge in [-0.05, 0) is 31.5 Å². The summed E-state index contributed by atoms with van der Waals surface area (Å²) in [6.45, 7) is 3.68. The number of halogens is 4. The maximum Gasteiger partial charge on any atom is 0.416 e. The van der Waals surface area contributed by atoms with Crippen molar-refractivity contribution in [3.63, 3.8) is 0 Å². The number of aryl methyl sites for hydroxylation is 1. The Labute approximate surface area is 123 Å². The Morgan fingerprint density at radius 3 is 2.62 bits per heavy atom. The van der Waals surface area contributed by atoms with E-state index in [9.17, 15) is 17.6 Å². The number of nitrogens with zero attached hydrogens (tertiary/aromatic N) is 1. The molecular formula is C14H14F4N2S. The number of aromatic nitrogens is 1. The molecule has 0 bridgehead atoms. The molecule has 114 valence electrons. The monoisotopic (exact) mass is 318 g/mol. The lowest BCUT2D eigenvalue weighted by atomic mass is 10.1. The third-order valence-corrected chi connectivity index (χ3v) is 4.13. The molecule has 0 fully saturated rings. The molecule has 1 atom stereocenters. The standard InChI is InChI=1S/C14H14F4N2S/c1-8-7-21-13(20-8)9(2)19-6-10-3-4-11(15)5-12(10)14(16,17)18/h3-5,7,9,19H,6H2,1-2H3. The lowest BCUT2D eigenvalue weighted by Gasteiger charge is -2.16. The molecule has 0 aliphatic carbocycles. The topological polar surface area (TPSA) is 24.9 Å². The fourth-order valence-electron chi connectivity index (χ4n) is 1.89. The van der Waals surface area contributed by atoms with Gasteiger partial charge >= 0.3 is 6.18 Å². The Hall–Kier alpha value is -1.47. The second-order valence-electron chi connectivity index (χ2n) is 4.73. The van der Waals surface area contributed by atoms with Gasteiger partial charge in [0.2, 0.25) is 0 Å². The lowest BCUT2D eigenvalue weighted by molar-refractivity contribution is -0.138. The van der Waals surface area contributed by atoms with Crippen LogP contribution < -0.4 is 5.32 Å². The number of hydrogen-bond donors (Lipinski definition) is 1. The van der Waals surface area contributed by atoms with Crippen molar-refractivity contribution < 1.29 is 17.6 Å². The van der Waals surface area contributed by atoms with Gasteiger partial charge in [-0.1, -0.05) is 6.07 Å². The van der Waals surface area contributed by atoms with Gasteiger partial charge in [0.05, 0.1) is 11.6 Å². The Morgan fingerprint density at radius 2 is 2.05 bits per heavy atom. The number of nitrogens with one attached hydrogen (secondary N) is 1. The Balaban J connectivity index is 2.13. The molecule has 0 saturated carbocycles. The van der Waals surface area contributed by atoms with E-state index in [0.717, 1.165) is 22.8 Å². The molecule has 1 aromatic heterocycles. The van der Waals surface area contributed by atoms with Gasteiger partial charge in [0.15, 0.2) is 0 Å². The van der Waals surface area contributed by atoms with Crippen LogP contribution in [0.4, 0.5) is 17.6 Å². The highest BCUT2D eigenvalue weighted by molar-refractivity contribution is 7.09. The SMILES string of the molecule is Cc1csc(C(C)NCc2ccc(F)cc2C(F)(F)F)n1. The summed E-state index contributed by atoms with van der Waals surface area (Å²) in [5.74, 6) is -0.894. The minimum absolute atomic E-state index is 0.00504. The summed E-state index contributed by atoms with van der Waals surface area (Å²) >= 11 is 1.45. The Morgan fingerprint density at radius 1 is 1.33 bits per heavy atom. The van der Waals surface area contributed by atoms with Gasteiger partial charge in [-0.25, -0.2) is 9.37 Å². The fourth-order valence-corrected chi connectivity index (χ4v) is 2.72. The average Bonchev–Trinajstić information content (AvgIpc) is 2.82. The molecule has 21 heavy (non-hydrogen) atoms. The van der Waals surface area contributed by atoms with Crippen molar-refractivity contribution in [2.75, 3.05) is 0 Å². The molecule has 1 unspecified atom stereocenters. The summed E-state index contributed by atoms with van der Waals surface area (Å²) in [5.41, 5.74) is -0.0528. The molecular weight excluding hydrogens is 304 g/mol. The van der Waals surface area contributed by atoms with Crippen molar-refractivity contribution >= 4 is 11.3 Å². The largest absolute Gasteiger partial charge is 0.416 e. The number of hydrogen-bond acceptors (Lipinski definition) is 3. The van der Waals surface area contributed by atoms with Gasteiger partial charge in [0, 0.05) is 17.6 Å². The smallest absolute Gasteiger partial charge is 0.304 e. The zero-order valence-electron chi connectivity index (χ0n) is 11.5. The van der Waals surface area contributed by atoms with Crippen LogP contribution in [0.5, 0.6) is 0 Å². The van der Waals surface area contributed by atoms with Crippen molar-refractivity contribution in [2.45, 2.75) is 32.6 Å². The highest BCUT2D eigenvalue weighted by Crippen LogP contribution is 2.32. The highest BCUT2D eigenvalue weighted by atomic mass is 32.1. The van der Waals surface area contributed by atoms with Crippen LogP contribution in [-0.4, -0.2) is 4.98 Å². The average molecular weight is 318 g/mol. The molecule has 2 rings (SSSR count). The summed E-state index contributed by atoms with van der Waals surface area (Å²) in [6, 6.07) is 2.54. The van der Waals surface area contributed by atoms with Crippen molar-refractivity contribution in [2.24, 2.45) is 0 Å². The van der Waals surface area contributed by atoms with E-state index in [4.69, 9.17) is 0 Å². The van der Waals surface area contributed by atoms with Crippen molar-refractivity contribution in [1.29, 1.82) is 0 Å². The van der Waals surface area contributed by atoms with E-state index in [1.54, 1.807) is 0 Å². The van der Waals surface area contributed by atoms with Crippen molar-refractivity contribution in [1.82, 2.24) is 10.3 Å². The zero-order valence-corrected chi connectivity index (χ0v) is 12.3. The van der Waals surface area contributed by atoms with Gasteiger partial charge in [-0.2, -0.15) is 13.2 Å². The maximum absolute atomic E-state index is 13.0. The van der Waals surface area contributed by atoms with Crippen LogP contribution >= 0.6 is 11.3 Å². The van der Waals surface area contributed by atoms with Gasteiger partial charge in [-0.3, -0.25) is 0 Å². The van der Waals surface area contributed by atoms with E-state index >= 15 is 0 Å². The predicted molar refractivity (Wildman–Crippen MR) is 73.5 cm³/mol. The van der Waals surface area contributed by atoms with E-state index in [1.807, 2.05) is 19.2 Å². The second-order valence-corrected chi connectivity index (χ2v) is 5.62. The predicted octanol–water partition coefficient (Wildman–Crippen LogP) is 4.46. The first-order valence-electron chi connectivity index (χ1n) is 6.28. The fraction of sp³-hybridized carbons (Fsp3) is 0.357. The molecule has 1 N–H and O–H groups in total. The number of benzene rings is 1. The van der Waals surface area contributed by atoms with E-state index in [-0.39, 0.29) is 18.2 Å². The molecule has 1 heterocycles. The molecule has 0 aliphatic rings. The molecule has 7 heteroatoms. The quantitative estimate of drug-likeness (QED) is 0.842. The zero-order chi connectivity index (χ0) is 15.6. The molecule has 0 spiro atoms.